The van der Waals surface area contributed by atoms with Crippen LogP contribution in [-0.4, -0.2) is 0 Å². The fraction of sp³-hybridized carbons (Fsp3) is 0.455. The normalized spacial score (nSPS) is 20.0. The summed E-state index contributed by atoms with van der Waals surface area (Å²) in [6, 6.07) is 3.82. The molecule has 1 saturated carbocycles. The Morgan fingerprint density at radius 3 is 2.47 bits per heavy atom. The summed E-state index contributed by atoms with van der Waals surface area (Å²) in [5.74, 6) is 3.81. The van der Waals surface area contributed by atoms with E-state index in [-0.39, 0.29) is 11.5 Å². The van der Waals surface area contributed by atoms with Crippen molar-refractivity contribution in [2.75, 3.05) is 0 Å². The van der Waals surface area contributed by atoms with Gasteiger partial charge >= 0.3 is 0 Å². The lowest BCUT2D eigenvalue weighted by atomic mass is 9.92. The van der Waals surface area contributed by atoms with Gasteiger partial charge < -0.3 is 0 Å². The second-order valence-corrected chi connectivity index (χ2v) is 4.43. The van der Waals surface area contributed by atoms with Crippen LogP contribution in [0.15, 0.2) is 18.2 Å². The van der Waals surface area contributed by atoms with Gasteiger partial charge in [-0.2, -0.15) is 0 Å². The van der Waals surface area contributed by atoms with Crippen molar-refractivity contribution in [3.63, 3.8) is 0 Å². The lowest BCUT2D eigenvalue weighted by molar-refractivity contribution is 0.369. The molecule has 3 N–H and O–H groups in total. The summed E-state index contributed by atoms with van der Waals surface area (Å²) in [6.07, 6.45) is 2.11. The molecule has 0 heterocycles. The molecule has 15 heavy (non-hydrogen) atoms. The Morgan fingerprint density at radius 2 is 2.00 bits per heavy atom. The monoisotopic (exact) mass is 212 g/mol. The van der Waals surface area contributed by atoms with E-state index in [4.69, 9.17) is 5.84 Å². The fourth-order valence-corrected chi connectivity index (χ4v) is 1.88. The lowest BCUT2D eigenvalue weighted by Crippen LogP contribution is -2.33. The summed E-state index contributed by atoms with van der Waals surface area (Å²) in [6.45, 7) is 2.08. The van der Waals surface area contributed by atoms with E-state index in [1.54, 1.807) is 6.07 Å². The first-order valence-electron chi connectivity index (χ1n) is 4.98. The van der Waals surface area contributed by atoms with E-state index in [0.29, 0.717) is 5.56 Å². The number of nitrogens with one attached hydrogen (secondary N) is 1. The standard InChI is InChI=1S/C11H14F2N2/c1-11(4-5-11)10(15-14)7-2-3-8(12)9(13)6-7/h2-3,6,10,15H,4-5,14H2,1H3. The van der Waals surface area contributed by atoms with Crippen molar-refractivity contribution in [2.45, 2.75) is 25.8 Å². The Labute approximate surface area is 87.4 Å². The van der Waals surface area contributed by atoms with Crippen LogP contribution in [-0.2, 0) is 0 Å². The van der Waals surface area contributed by atoms with Crippen molar-refractivity contribution >= 4 is 0 Å². The van der Waals surface area contributed by atoms with E-state index >= 15 is 0 Å². The molecule has 0 radical (unpaired) electrons. The average Bonchev–Trinajstić information content (AvgIpc) is 2.92. The van der Waals surface area contributed by atoms with Crippen molar-refractivity contribution in [1.82, 2.24) is 5.43 Å². The van der Waals surface area contributed by atoms with Crippen LogP contribution in [0.2, 0.25) is 0 Å². The van der Waals surface area contributed by atoms with Gasteiger partial charge in [0.05, 0.1) is 6.04 Å². The van der Waals surface area contributed by atoms with Crippen LogP contribution in [0, 0.1) is 17.0 Å². The number of hydrogen-bond donors (Lipinski definition) is 2. The first-order chi connectivity index (χ1) is 7.07. The third-order valence-corrected chi connectivity index (χ3v) is 3.18. The van der Waals surface area contributed by atoms with Gasteiger partial charge in [0.1, 0.15) is 0 Å². The van der Waals surface area contributed by atoms with Crippen LogP contribution in [0.1, 0.15) is 31.4 Å². The fourth-order valence-electron chi connectivity index (χ4n) is 1.88. The van der Waals surface area contributed by atoms with E-state index in [1.807, 2.05) is 0 Å². The van der Waals surface area contributed by atoms with E-state index < -0.39 is 11.6 Å². The number of halogens is 2. The van der Waals surface area contributed by atoms with Gasteiger partial charge in [0.15, 0.2) is 11.6 Å². The van der Waals surface area contributed by atoms with Crippen LogP contribution in [0.4, 0.5) is 8.78 Å². The zero-order valence-electron chi connectivity index (χ0n) is 8.56. The van der Waals surface area contributed by atoms with Gasteiger partial charge in [-0.25, -0.2) is 8.78 Å². The zero-order valence-corrected chi connectivity index (χ0v) is 8.56. The molecule has 1 atom stereocenters. The van der Waals surface area contributed by atoms with Gasteiger partial charge in [-0.05, 0) is 36.0 Å². The Balaban J connectivity index is 2.31. The highest BCUT2D eigenvalue weighted by atomic mass is 19.2. The molecule has 1 aliphatic carbocycles. The third kappa shape index (κ3) is 1.87. The molecule has 1 fully saturated rings. The summed E-state index contributed by atoms with van der Waals surface area (Å²) < 4.78 is 25.8. The maximum Gasteiger partial charge on any atom is 0.159 e. The molecule has 2 nitrogen and oxygen atoms in total. The smallest absolute Gasteiger partial charge is 0.159 e. The highest BCUT2D eigenvalue weighted by molar-refractivity contribution is 5.25. The topological polar surface area (TPSA) is 38.0 Å². The number of hydrogen-bond acceptors (Lipinski definition) is 2. The predicted octanol–water partition coefficient (Wildman–Crippen LogP) is 2.27. The molecule has 1 aromatic carbocycles. The van der Waals surface area contributed by atoms with Crippen LogP contribution in [0.5, 0.6) is 0 Å². The van der Waals surface area contributed by atoms with E-state index in [0.717, 1.165) is 18.9 Å². The number of rotatable bonds is 3. The van der Waals surface area contributed by atoms with Crippen LogP contribution >= 0.6 is 0 Å². The predicted molar refractivity (Wildman–Crippen MR) is 53.8 cm³/mol. The van der Waals surface area contributed by atoms with Crippen molar-refractivity contribution in [3.05, 3.63) is 35.4 Å². The molecule has 0 amide bonds. The molecule has 0 aliphatic heterocycles. The quantitative estimate of drug-likeness (QED) is 0.595. The summed E-state index contributed by atoms with van der Waals surface area (Å²) in [4.78, 5) is 0. The Morgan fingerprint density at radius 1 is 1.33 bits per heavy atom. The molecule has 4 heteroatoms. The highest BCUT2D eigenvalue weighted by Crippen LogP contribution is 2.54. The van der Waals surface area contributed by atoms with E-state index in [2.05, 4.69) is 12.3 Å². The number of hydrazine groups is 1. The van der Waals surface area contributed by atoms with Crippen LogP contribution < -0.4 is 11.3 Å². The maximum absolute atomic E-state index is 13.0. The van der Waals surface area contributed by atoms with Gasteiger partial charge in [-0.15, -0.1) is 0 Å². The molecule has 0 spiro atoms. The van der Waals surface area contributed by atoms with Gasteiger partial charge in [0.2, 0.25) is 0 Å². The van der Waals surface area contributed by atoms with Gasteiger partial charge in [0, 0.05) is 0 Å². The first-order valence-corrected chi connectivity index (χ1v) is 4.98. The molecule has 2 rings (SSSR count). The van der Waals surface area contributed by atoms with Gasteiger partial charge in [0.25, 0.3) is 0 Å². The molecule has 1 aliphatic rings. The van der Waals surface area contributed by atoms with Crippen LogP contribution in [0.3, 0.4) is 0 Å². The Kier molecular flexibility index (Phi) is 2.48. The second kappa shape index (κ2) is 3.54. The molecule has 0 aromatic heterocycles. The summed E-state index contributed by atoms with van der Waals surface area (Å²) in [5, 5.41) is 0. The van der Waals surface area contributed by atoms with E-state index in [1.165, 1.54) is 6.07 Å². The number of benzene rings is 1. The Hall–Kier alpha value is -1.00. The largest absolute Gasteiger partial charge is 0.271 e. The zero-order chi connectivity index (χ0) is 11.1. The van der Waals surface area contributed by atoms with Crippen molar-refractivity contribution in [1.29, 1.82) is 0 Å². The minimum Gasteiger partial charge on any atom is -0.271 e. The van der Waals surface area contributed by atoms with E-state index in [9.17, 15) is 8.78 Å². The number of nitrogens with two attached hydrogens (primary N) is 1. The lowest BCUT2D eigenvalue weighted by Gasteiger charge is -2.23. The first kappa shape index (κ1) is 10.5. The Bertz CT molecular complexity index is 375. The van der Waals surface area contributed by atoms with Crippen molar-refractivity contribution in [3.8, 4) is 0 Å². The second-order valence-electron chi connectivity index (χ2n) is 4.43. The molecule has 1 unspecified atom stereocenters. The molecule has 1 aromatic rings. The molecule has 0 bridgehead atoms. The van der Waals surface area contributed by atoms with Crippen LogP contribution in [0.25, 0.3) is 0 Å². The van der Waals surface area contributed by atoms with Crippen molar-refractivity contribution < 1.29 is 8.78 Å². The van der Waals surface area contributed by atoms with Gasteiger partial charge in [-0.1, -0.05) is 13.0 Å². The minimum atomic E-state index is -0.824. The summed E-state index contributed by atoms with van der Waals surface area (Å²) in [5.41, 5.74) is 3.47. The average molecular weight is 212 g/mol. The van der Waals surface area contributed by atoms with Gasteiger partial charge in [-0.3, -0.25) is 11.3 Å². The SMILES string of the molecule is CC1(C(NN)c2ccc(F)c(F)c2)CC1. The third-order valence-electron chi connectivity index (χ3n) is 3.18. The molecule has 82 valence electrons. The van der Waals surface area contributed by atoms with Crippen molar-refractivity contribution in [2.24, 2.45) is 11.3 Å². The summed E-state index contributed by atoms with van der Waals surface area (Å²) >= 11 is 0. The maximum atomic E-state index is 13.0. The highest BCUT2D eigenvalue weighted by Gasteiger charge is 2.45. The minimum absolute atomic E-state index is 0.0824. The summed E-state index contributed by atoms with van der Waals surface area (Å²) in [7, 11) is 0. The molecule has 0 saturated heterocycles. The molecular formula is C11H14F2N2. The molecular weight excluding hydrogens is 198 g/mol.